The standard InChI is InChI=1S/C16H17BrFN/c1-12(15-7-2-3-8-16(15)17)19-10-9-13-5-4-6-14(18)11-13/h2-8,11-12,19H,9-10H2,1H3. The van der Waals surface area contributed by atoms with Gasteiger partial charge >= 0.3 is 0 Å². The fourth-order valence-corrected chi connectivity index (χ4v) is 2.69. The molecule has 0 radical (unpaired) electrons. The van der Waals surface area contributed by atoms with Gasteiger partial charge in [0.05, 0.1) is 0 Å². The maximum Gasteiger partial charge on any atom is 0.123 e. The summed E-state index contributed by atoms with van der Waals surface area (Å²) in [4.78, 5) is 0. The zero-order valence-corrected chi connectivity index (χ0v) is 12.5. The Hall–Kier alpha value is -1.19. The molecule has 3 heteroatoms. The molecule has 0 fully saturated rings. The molecule has 0 amide bonds. The van der Waals surface area contributed by atoms with E-state index >= 15 is 0 Å². The van der Waals surface area contributed by atoms with Crippen molar-refractivity contribution in [1.82, 2.24) is 5.32 Å². The summed E-state index contributed by atoms with van der Waals surface area (Å²) in [5.41, 5.74) is 2.26. The van der Waals surface area contributed by atoms with Crippen molar-refractivity contribution in [1.29, 1.82) is 0 Å². The van der Waals surface area contributed by atoms with Crippen LogP contribution in [0.4, 0.5) is 4.39 Å². The molecule has 0 saturated heterocycles. The summed E-state index contributed by atoms with van der Waals surface area (Å²) in [6.07, 6.45) is 0.826. The maximum absolute atomic E-state index is 13.0. The van der Waals surface area contributed by atoms with E-state index in [4.69, 9.17) is 0 Å². The van der Waals surface area contributed by atoms with Gasteiger partial charge in [0.25, 0.3) is 0 Å². The Balaban J connectivity index is 1.88. The van der Waals surface area contributed by atoms with Crippen LogP contribution in [0.3, 0.4) is 0 Å². The van der Waals surface area contributed by atoms with E-state index in [2.05, 4.69) is 34.2 Å². The minimum atomic E-state index is -0.170. The van der Waals surface area contributed by atoms with Gasteiger partial charge in [0, 0.05) is 10.5 Å². The molecule has 0 aliphatic heterocycles. The first-order chi connectivity index (χ1) is 9.16. The molecule has 100 valence electrons. The Labute approximate surface area is 122 Å². The monoisotopic (exact) mass is 321 g/mol. The third kappa shape index (κ3) is 4.15. The fourth-order valence-electron chi connectivity index (χ4n) is 2.06. The van der Waals surface area contributed by atoms with Gasteiger partial charge in [0.1, 0.15) is 5.82 Å². The molecule has 0 aliphatic rings. The summed E-state index contributed by atoms with van der Waals surface area (Å²) in [6, 6.07) is 15.2. The second-order valence-electron chi connectivity index (χ2n) is 4.58. The van der Waals surface area contributed by atoms with E-state index in [9.17, 15) is 4.39 Å². The summed E-state index contributed by atoms with van der Waals surface area (Å²) in [5.74, 6) is -0.170. The van der Waals surface area contributed by atoms with Crippen LogP contribution in [0, 0.1) is 5.82 Å². The molecule has 1 N–H and O–H groups in total. The lowest BCUT2D eigenvalue weighted by molar-refractivity contribution is 0.573. The van der Waals surface area contributed by atoms with Gasteiger partial charge in [0.15, 0.2) is 0 Å². The largest absolute Gasteiger partial charge is 0.310 e. The number of rotatable bonds is 5. The number of halogens is 2. The van der Waals surface area contributed by atoms with Crippen LogP contribution in [0.25, 0.3) is 0 Å². The van der Waals surface area contributed by atoms with E-state index in [0.29, 0.717) is 0 Å². The highest BCUT2D eigenvalue weighted by molar-refractivity contribution is 9.10. The second kappa shape index (κ2) is 6.83. The fraction of sp³-hybridized carbons (Fsp3) is 0.250. The van der Waals surface area contributed by atoms with Crippen LogP contribution in [0.15, 0.2) is 53.0 Å². The molecule has 0 saturated carbocycles. The van der Waals surface area contributed by atoms with E-state index in [1.807, 2.05) is 24.3 Å². The van der Waals surface area contributed by atoms with E-state index in [1.54, 1.807) is 12.1 Å². The first-order valence-electron chi connectivity index (χ1n) is 6.39. The Morgan fingerprint density at radius 2 is 1.95 bits per heavy atom. The van der Waals surface area contributed by atoms with Crippen LogP contribution in [-0.2, 0) is 6.42 Å². The SMILES string of the molecule is CC(NCCc1cccc(F)c1)c1ccccc1Br. The average Bonchev–Trinajstić information content (AvgIpc) is 2.39. The Kier molecular flexibility index (Phi) is 5.11. The van der Waals surface area contributed by atoms with E-state index in [0.717, 1.165) is 23.0 Å². The molecule has 0 heterocycles. The van der Waals surface area contributed by atoms with E-state index in [1.165, 1.54) is 11.6 Å². The van der Waals surface area contributed by atoms with Crippen molar-refractivity contribution >= 4 is 15.9 Å². The molecular formula is C16H17BrFN. The molecule has 1 unspecified atom stereocenters. The Morgan fingerprint density at radius 3 is 2.68 bits per heavy atom. The van der Waals surface area contributed by atoms with Gasteiger partial charge in [0.2, 0.25) is 0 Å². The molecule has 1 nitrogen and oxygen atoms in total. The van der Waals surface area contributed by atoms with Crippen LogP contribution in [0.2, 0.25) is 0 Å². The van der Waals surface area contributed by atoms with Gasteiger partial charge in [-0.2, -0.15) is 0 Å². The zero-order chi connectivity index (χ0) is 13.7. The van der Waals surface area contributed by atoms with Crippen molar-refractivity contribution in [2.24, 2.45) is 0 Å². The van der Waals surface area contributed by atoms with Crippen LogP contribution >= 0.6 is 15.9 Å². The number of benzene rings is 2. The minimum absolute atomic E-state index is 0.170. The molecule has 2 aromatic carbocycles. The van der Waals surface area contributed by atoms with Gasteiger partial charge in [-0.05, 0) is 49.2 Å². The highest BCUT2D eigenvalue weighted by atomic mass is 79.9. The van der Waals surface area contributed by atoms with Crippen LogP contribution in [0.1, 0.15) is 24.1 Å². The van der Waals surface area contributed by atoms with Gasteiger partial charge in [-0.1, -0.05) is 46.3 Å². The van der Waals surface area contributed by atoms with Crippen molar-refractivity contribution in [2.45, 2.75) is 19.4 Å². The predicted octanol–water partition coefficient (Wildman–Crippen LogP) is 4.48. The summed E-state index contributed by atoms with van der Waals surface area (Å²) in [6.45, 7) is 2.96. The predicted molar refractivity (Wildman–Crippen MR) is 80.7 cm³/mol. The quantitative estimate of drug-likeness (QED) is 0.856. The van der Waals surface area contributed by atoms with Crippen LogP contribution < -0.4 is 5.32 Å². The van der Waals surface area contributed by atoms with Gasteiger partial charge in [-0.25, -0.2) is 4.39 Å². The lowest BCUT2D eigenvalue weighted by Crippen LogP contribution is -2.21. The van der Waals surface area contributed by atoms with Crippen molar-refractivity contribution < 1.29 is 4.39 Å². The maximum atomic E-state index is 13.0. The van der Waals surface area contributed by atoms with Crippen LogP contribution in [-0.4, -0.2) is 6.54 Å². The zero-order valence-electron chi connectivity index (χ0n) is 10.9. The van der Waals surface area contributed by atoms with Crippen LogP contribution in [0.5, 0.6) is 0 Å². The molecule has 0 spiro atoms. The molecule has 2 aromatic rings. The smallest absolute Gasteiger partial charge is 0.123 e. The van der Waals surface area contributed by atoms with E-state index < -0.39 is 0 Å². The number of hydrogen-bond acceptors (Lipinski definition) is 1. The van der Waals surface area contributed by atoms with Crippen molar-refractivity contribution in [3.8, 4) is 0 Å². The average molecular weight is 322 g/mol. The normalized spacial score (nSPS) is 12.4. The number of hydrogen-bond donors (Lipinski definition) is 1. The van der Waals surface area contributed by atoms with Crippen molar-refractivity contribution in [2.75, 3.05) is 6.54 Å². The van der Waals surface area contributed by atoms with E-state index in [-0.39, 0.29) is 11.9 Å². The van der Waals surface area contributed by atoms with Gasteiger partial charge < -0.3 is 5.32 Å². The third-order valence-corrected chi connectivity index (χ3v) is 3.85. The summed E-state index contributed by atoms with van der Waals surface area (Å²) in [5, 5.41) is 3.46. The first kappa shape index (κ1) is 14.2. The molecule has 0 aromatic heterocycles. The lowest BCUT2D eigenvalue weighted by Gasteiger charge is -2.15. The lowest BCUT2D eigenvalue weighted by atomic mass is 10.1. The Morgan fingerprint density at radius 1 is 1.16 bits per heavy atom. The van der Waals surface area contributed by atoms with Gasteiger partial charge in [-0.15, -0.1) is 0 Å². The molecule has 0 aliphatic carbocycles. The van der Waals surface area contributed by atoms with Crippen molar-refractivity contribution in [3.05, 3.63) is 69.9 Å². The number of nitrogens with one attached hydrogen (secondary N) is 1. The Bertz CT molecular complexity index is 542. The summed E-state index contributed by atoms with van der Waals surface area (Å²) in [7, 11) is 0. The molecular weight excluding hydrogens is 305 g/mol. The van der Waals surface area contributed by atoms with Gasteiger partial charge in [-0.3, -0.25) is 0 Å². The highest BCUT2D eigenvalue weighted by Crippen LogP contribution is 2.22. The second-order valence-corrected chi connectivity index (χ2v) is 5.43. The molecule has 1 atom stereocenters. The molecule has 19 heavy (non-hydrogen) atoms. The first-order valence-corrected chi connectivity index (χ1v) is 7.18. The highest BCUT2D eigenvalue weighted by Gasteiger charge is 2.07. The molecule has 0 bridgehead atoms. The van der Waals surface area contributed by atoms with Crippen molar-refractivity contribution in [3.63, 3.8) is 0 Å². The minimum Gasteiger partial charge on any atom is -0.310 e. The summed E-state index contributed by atoms with van der Waals surface area (Å²) < 4.78 is 14.2. The third-order valence-electron chi connectivity index (χ3n) is 3.12. The molecule has 2 rings (SSSR count). The topological polar surface area (TPSA) is 12.0 Å². The summed E-state index contributed by atoms with van der Waals surface area (Å²) >= 11 is 3.55.